The van der Waals surface area contributed by atoms with E-state index in [9.17, 15) is 14.4 Å². The number of nitrogens with zero attached hydrogens (tertiary/aromatic N) is 1. The Hall–Kier alpha value is -1.69. The molecule has 0 spiro atoms. The predicted octanol–water partition coefficient (Wildman–Crippen LogP) is 1.60. The Kier molecular flexibility index (Phi) is 3.76. The summed E-state index contributed by atoms with van der Waals surface area (Å²) in [6.07, 6.45) is 0.211. The number of benzene rings is 1. The zero-order valence-corrected chi connectivity index (χ0v) is 11.0. The summed E-state index contributed by atoms with van der Waals surface area (Å²) < 4.78 is 0.848. The lowest BCUT2D eigenvalue weighted by Crippen LogP contribution is -2.32. The first kappa shape index (κ1) is 12.8. The highest BCUT2D eigenvalue weighted by atomic mass is 79.9. The maximum atomic E-state index is 11.6. The second kappa shape index (κ2) is 5.30. The molecule has 1 aromatic carbocycles. The molecule has 0 aliphatic carbocycles. The summed E-state index contributed by atoms with van der Waals surface area (Å²) in [6.45, 7) is 0. The zero-order valence-electron chi connectivity index (χ0n) is 9.39. The van der Waals surface area contributed by atoms with Crippen LogP contribution in [-0.2, 0) is 25.6 Å². The number of rotatable bonds is 3. The molecule has 6 heteroatoms. The standard InChI is InChI=1S/C12H10BrNO4/c13-9-3-1-2-8(6-9)7-12(17)18-14-10(15)4-5-11(14)16/h1-3,6H,4-5,7H2. The fraction of sp³-hybridized carbons (Fsp3) is 0.250. The van der Waals surface area contributed by atoms with Crippen LogP contribution in [-0.4, -0.2) is 22.8 Å². The van der Waals surface area contributed by atoms with Crippen molar-refractivity contribution < 1.29 is 19.2 Å². The van der Waals surface area contributed by atoms with Crippen molar-refractivity contribution in [1.29, 1.82) is 0 Å². The van der Waals surface area contributed by atoms with Gasteiger partial charge in [-0.3, -0.25) is 9.59 Å². The topological polar surface area (TPSA) is 63.7 Å². The second-order valence-corrected chi connectivity index (χ2v) is 4.77. The minimum absolute atomic E-state index is 0.0104. The number of hydrogen-bond acceptors (Lipinski definition) is 4. The predicted molar refractivity (Wildman–Crippen MR) is 65.0 cm³/mol. The number of hydrogen-bond donors (Lipinski definition) is 0. The number of halogens is 1. The van der Waals surface area contributed by atoms with Crippen molar-refractivity contribution in [2.24, 2.45) is 0 Å². The lowest BCUT2D eigenvalue weighted by Gasteiger charge is -2.12. The monoisotopic (exact) mass is 311 g/mol. The maximum Gasteiger partial charge on any atom is 0.337 e. The van der Waals surface area contributed by atoms with Gasteiger partial charge < -0.3 is 4.84 Å². The van der Waals surface area contributed by atoms with Crippen LogP contribution >= 0.6 is 15.9 Å². The molecule has 1 aliphatic rings. The van der Waals surface area contributed by atoms with Gasteiger partial charge in [0.1, 0.15) is 0 Å². The number of imide groups is 1. The first-order valence-electron chi connectivity index (χ1n) is 5.37. The number of amides is 2. The third-order valence-corrected chi connectivity index (χ3v) is 2.93. The van der Waals surface area contributed by atoms with Gasteiger partial charge in [0, 0.05) is 17.3 Å². The maximum absolute atomic E-state index is 11.6. The Balaban J connectivity index is 1.97. The number of carbonyl (C=O) groups excluding carboxylic acids is 3. The average Bonchev–Trinajstić information content (AvgIpc) is 2.61. The largest absolute Gasteiger partial charge is 0.337 e. The molecule has 0 N–H and O–H groups in total. The summed E-state index contributed by atoms with van der Waals surface area (Å²) in [6, 6.07) is 7.16. The molecular weight excluding hydrogens is 302 g/mol. The van der Waals surface area contributed by atoms with Gasteiger partial charge in [0.15, 0.2) is 0 Å². The molecule has 0 atom stereocenters. The average molecular weight is 312 g/mol. The van der Waals surface area contributed by atoms with Gasteiger partial charge in [-0.05, 0) is 17.7 Å². The summed E-state index contributed by atoms with van der Waals surface area (Å²) in [5.41, 5.74) is 0.744. The van der Waals surface area contributed by atoms with Crippen LogP contribution in [0, 0.1) is 0 Å². The third-order valence-electron chi connectivity index (χ3n) is 2.44. The quantitative estimate of drug-likeness (QED) is 0.795. The van der Waals surface area contributed by atoms with Crippen LogP contribution in [0.4, 0.5) is 0 Å². The molecule has 1 heterocycles. The smallest absolute Gasteiger partial charge is 0.330 e. The van der Waals surface area contributed by atoms with E-state index < -0.39 is 17.8 Å². The van der Waals surface area contributed by atoms with Crippen molar-refractivity contribution in [3.8, 4) is 0 Å². The fourth-order valence-corrected chi connectivity index (χ4v) is 2.05. The number of hydroxylamine groups is 2. The van der Waals surface area contributed by atoms with Gasteiger partial charge in [0.05, 0.1) is 6.42 Å². The van der Waals surface area contributed by atoms with Gasteiger partial charge in [-0.1, -0.05) is 28.1 Å². The Bertz CT molecular complexity index is 499. The van der Waals surface area contributed by atoms with E-state index in [0.717, 1.165) is 10.0 Å². The summed E-state index contributed by atoms with van der Waals surface area (Å²) in [4.78, 5) is 38.8. The summed E-state index contributed by atoms with van der Waals surface area (Å²) in [7, 11) is 0. The molecule has 5 nitrogen and oxygen atoms in total. The Morgan fingerprint density at radius 3 is 2.56 bits per heavy atom. The van der Waals surface area contributed by atoms with Crippen molar-refractivity contribution in [2.45, 2.75) is 19.3 Å². The van der Waals surface area contributed by atoms with Gasteiger partial charge in [0.25, 0.3) is 11.8 Å². The number of carbonyl (C=O) groups is 3. The zero-order chi connectivity index (χ0) is 13.1. The highest BCUT2D eigenvalue weighted by Gasteiger charge is 2.32. The first-order chi connectivity index (χ1) is 8.56. The van der Waals surface area contributed by atoms with Crippen molar-refractivity contribution in [1.82, 2.24) is 5.06 Å². The molecule has 0 radical (unpaired) electrons. The van der Waals surface area contributed by atoms with E-state index in [1.807, 2.05) is 6.07 Å². The molecule has 2 amide bonds. The van der Waals surface area contributed by atoms with Crippen molar-refractivity contribution in [2.75, 3.05) is 0 Å². The van der Waals surface area contributed by atoms with Crippen LogP contribution in [0.1, 0.15) is 18.4 Å². The fourth-order valence-electron chi connectivity index (χ4n) is 1.61. The Morgan fingerprint density at radius 2 is 1.94 bits per heavy atom. The third kappa shape index (κ3) is 2.95. The van der Waals surface area contributed by atoms with E-state index in [-0.39, 0.29) is 19.3 Å². The van der Waals surface area contributed by atoms with Crippen LogP contribution in [0.3, 0.4) is 0 Å². The van der Waals surface area contributed by atoms with Crippen molar-refractivity contribution >= 4 is 33.7 Å². The molecule has 2 rings (SSSR count). The highest BCUT2D eigenvalue weighted by Crippen LogP contribution is 2.15. The molecule has 1 saturated heterocycles. The van der Waals surface area contributed by atoms with E-state index in [1.165, 1.54) is 0 Å². The van der Waals surface area contributed by atoms with Crippen molar-refractivity contribution in [3.05, 3.63) is 34.3 Å². The molecule has 0 bridgehead atoms. The molecular formula is C12H10BrNO4. The van der Waals surface area contributed by atoms with Gasteiger partial charge >= 0.3 is 5.97 Å². The molecule has 94 valence electrons. The molecule has 1 aliphatic heterocycles. The van der Waals surface area contributed by atoms with E-state index in [4.69, 9.17) is 4.84 Å². The van der Waals surface area contributed by atoms with Crippen LogP contribution in [0.5, 0.6) is 0 Å². The summed E-state index contributed by atoms with van der Waals surface area (Å²) in [5.74, 6) is -1.57. The SMILES string of the molecule is O=C(Cc1cccc(Br)c1)ON1C(=O)CCC1=O. The normalized spacial score (nSPS) is 15.1. The first-order valence-corrected chi connectivity index (χ1v) is 6.16. The van der Waals surface area contributed by atoms with Crippen LogP contribution in [0.15, 0.2) is 28.7 Å². The Labute approximate surface area is 112 Å². The Morgan fingerprint density at radius 1 is 1.28 bits per heavy atom. The summed E-state index contributed by atoms with van der Waals surface area (Å²) in [5, 5.41) is 0.556. The minimum atomic E-state index is -0.628. The lowest BCUT2D eigenvalue weighted by molar-refractivity contribution is -0.197. The highest BCUT2D eigenvalue weighted by molar-refractivity contribution is 9.10. The van der Waals surface area contributed by atoms with Crippen LogP contribution in [0.25, 0.3) is 0 Å². The summed E-state index contributed by atoms with van der Waals surface area (Å²) >= 11 is 3.29. The molecule has 0 unspecified atom stereocenters. The van der Waals surface area contributed by atoms with Crippen LogP contribution in [0.2, 0.25) is 0 Å². The van der Waals surface area contributed by atoms with Gasteiger partial charge in [-0.2, -0.15) is 0 Å². The van der Waals surface area contributed by atoms with E-state index >= 15 is 0 Å². The van der Waals surface area contributed by atoms with E-state index in [1.54, 1.807) is 18.2 Å². The van der Waals surface area contributed by atoms with E-state index in [2.05, 4.69) is 15.9 Å². The molecule has 1 aromatic rings. The van der Waals surface area contributed by atoms with Gasteiger partial charge in [0.2, 0.25) is 0 Å². The minimum Gasteiger partial charge on any atom is -0.330 e. The second-order valence-electron chi connectivity index (χ2n) is 3.85. The lowest BCUT2D eigenvalue weighted by atomic mass is 10.2. The van der Waals surface area contributed by atoms with Gasteiger partial charge in [-0.25, -0.2) is 4.79 Å². The molecule has 18 heavy (non-hydrogen) atoms. The van der Waals surface area contributed by atoms with Gasteiger partial charge in [-0.15, -0.1) is 5.06 Å². The van der Waals surface area contributed by atoms with Crippen LogP contribution < -0.4 is 0 Å². The molecule has 1 fully saturated rings. The van der Waals surface area contributed by atoms with Crippen molar-refractivity contribution in [3.63, 3.8) is 0 Å². The molecule has 0 aromatic heterocycles. The van der Waals surface area contributed by atoms with E-state index in [0.29, 0.717) is 5.06 Å². The molecule has 0 saturated carbocycles.